The van der Waals surface area contributed by atoms with Gasteiger partial charge in [-0.05, 0) is 29.8 Å². The summed E-state index contributed by atoms with van der Waals surface area (Å²) in [6.07, 6.45) is 0. The second-order valence-corrected chi connectivity index (χ2v) is 5.38. The van der Waals surface area contributed by atoms with Gasteiger partial charge in [-0.3, -0.25) is 14.5 Å². The number of aliphatic hydroxyl groups is 1. The molecular weight excluding hydrogens is 322 g/mol. The first-order valence-corrected chi connectivity index (χ1v) is 7.73. The summed E-state index contributed by atoms with van der Waals surface area (Å²) in [4.78, 5) is 25.6. The fourth-order valence-corrected chi connectivity index (χ4v) is 2.56. The molecule has 0 aliphatic carbocycles. The smallest absolute Gasteiger partial charge is 0.296 e. The first-order valence-electron chi connectivity index (χ1n) is 7.73. The van der Waals surface area contributed by atoms with E-state index in [2.05, 4.69) is 0 Å². The monoisotopic (exact) mass is 339 g/mol. The van der Waals surface area contributed by atoms with Crippen LogP contribution in [0.1, 0.15) is 5.56 Å². The number of nitrogens with zero attached hydrogens (tertiary/aromatic N) is 1. The molecule has 0 radical (unpaired) electrons. The van der Waals surface area contributed by atoms with Crippen LogP contribution in [0.15, 0.2) is 60.4 Å². The van der Waals surface area contributed by atoms with Gasteiger partial charge in [-0.25, -0.2) is 0 Å². The quantitative estimate of drug-likeness (QED) is 0.818. The summed E-state index contributed by atoms with van der Waals surface area (Å²) in [5, 5.41) is 10.0. The molecule has 1 heterocycles. The number of rotatable bonds is 6. The molecule has 1 N–H and O–H groups in total. The van der Waals surface area contributed by atoms with E-state index in [4.69, 9.17) is 9.47 Å². The van der Waals surface area contributed by atoms with Crippen molar-refractivity contribution in [1.29, 1.82) is 0 Å². The second kappa shape index (κ2) is 7.09. The van der Waals surface area contributed by atoms with Crippen molar-refractivity contribution in [3.63, 3.8) is 0 Å². The highest BCUT2D eigenvalue weighted by Gasteiger charge is 2.38. The highest BCUT2D eigenvalue weighted by atomic mass is 16.5. The summed E-state index contributed by atoms with van der Waals surface area (Å²) in [5.41, 5.74) is 0.534. The molecule has 0 saturated carbocycles. The van der Waals surface area contributed by atoms with Crippen LogP contribution in [-0.4, -0.2) is 42.1 Å². The molecule has 2 aromatic carbocycles. The molecule has 0 atom stereocenters. The summed E-state index contributed by atoms with van der Waals surface area (Å²) in [5.74, 6) is -0.450. The van der Waals surface area contributed by atoms with Crippen molar-refractivity contribution in [2.24, 2.45) is 0 Å². The fourth-order valence-electron chi connectivity index (χ4n) is 2.56. The van der Waals surface area contributed by atoms with E-state index < -0.39 is 17.6 Å². The number of carbonyl (C=O) groups is 2. The lowest BCUT2D eigenvalue weighted by atomic mass is 10.1. The van der Waals surface area contributed by atoms with Crippen LogP contribution < -0.4 is 9.47 Å². The van der Waals surface area contributed by atoms with Crippen molar-refractivity contribution in [1.82, 2.24) is 4.90 Å². The summed E-state index contributed by atoms with van der Waals surface area (Å²) < 4.78 is 10.6. The molecule has 25 heavy (non-hydrogen) atoms. The first kappa shape index (κ1) is 16.6. The SMILES string of the molecule is COc1ccc(OCCN2C(=O)C(O)=C(c3ccccc3)C2=O)cc1. The Bertz CT molecular complexity index is 811. The lowest BCUT2D eigenvalue weighted by molar-refractivity contribution is -0.138. The molecule has 6 nitrogen and oxygen atoms in total. The minimum atomic E-state index is -0.706. The van der Waals surface area contributed by atoms with Gasteiger partial charge in [-0.2, -0.15) is 0 Å². The molecule has 3 rings (SSSR count). The summed E-state index contributed by atoms with van der Waals surface area (Å²) in [6.45, 7) is 0.170. The number of imide groups is 1. The Labute approximate surface area is 144 Å². The second-order valence-electron chi connectivity index (χ2n) is 5.38. The topological polar surface area (TPSA) is 76.1 Å². The maximum atomic E-state index is 12.5. The van der Waals surface area contributed by atoms with E-state index in [-0.39, 0.29) is 18.7 Å². The van der Waals surface area contributed by atoms with Crippen LogP contribution in [0.3, 0.4) is 0 Å². The average molecular weight is 339 g/mol. The number of hydrogen-bond acceptors (Lipinski definition) is 5. The zero-order chi connectivity index (χ0) is 17.8. The maximum Gasteiger partial charge on any atom is 0.296 e. The molecule has 2 amide bonds. The predicted octanol–water partition coefficient (Wildman–Crippen LogP) is 2.41. The minimum absolute atomic E-state index is 0.0232. The Balaban J connectivity index is 1.64. The molecule has 0 spiro atoms. The summed E-state index contributed by atoms with van der Waals surface area (Å²) >= 11 is 0. The average Bonchev–Trinajstić information content (AvgIpc) is 2.86. The van der Waals surface area contributed by atoms with E-state index in [9.17, 15) is 14.7 Å². The van der Waals surface area contributed by atoms with Gasteiger partial charge in [0.2, 0.25) is 0 Å². The van der Waals surface area contributed by atoms with Crippen LogP contribution in [0.25, 0.3) is 5.57 Å². The number of benzene rings is 2. The summed E-state index contributed by atoms with van der Waals surface area (Å²) in [6, 6.07) is 15.6. The van der Waals surface area contributed by atoms with Gasteiger partial charge in [0, 0.05) is 0 Å². The zero-order valence-electron chi connectivity index (χ0n) is 13.6. The van der Waals surface area contributed by atoms with Crippen molar-refractivity contribution in [2.75, 3.05) is 20.3 Å². The molecule has 6 heteroatoms. The molecule has 0 bridgehead atoms. The van der Waals surface area contributed by atoms with Gasteiger partial charge in [0.1, 0.15) is 18.1 Å². The van der Waals surface area contributed by atoms with E-state index in [1.807, 2.05) is 0 Å². The van der Waals surface area contributed by atoms with E-state index in [1.165, 1.54) is 0 Å². The van der Waals surface area contributed by atoms with Crippen molar-refractivity contribution in [2.45, 2.75) is 0 Å². The van der Waals surface area contributed by atoms with Crippen molar-refractivity contribution < 1.29 is 24.2 Å². The predicted molar refractivity (Wildman–Crippen MR) is 91.2 cm³/mol. The normalized spacial score (nSPS) is 14.2. The molecule has 0 unspecified atom stereocenters. The fraction of sp³-hybridized carbons (Fsp3) is 0.158. The third-order valence-corrected chi connectivity index (χ3v) is 3.85. The summed E-state index contributed by atoms with van der Waals surface area (Å²) in [7, 11) is 1.57. The molecule has 2 aromatic rings. The molecular formula is C19H17NO5. The third-order valence-electron chi connectivity index (χ3n) is 3.85. The van der Waals surface area contributed by atoms with Gasteiger partial charge in [-0.1, -0.05) is 30.3 Å². The van der Waals surface area contributed by atoms with Gasteiger partial charge in [0.05, 0.1) is 19.2 Å². The largest absolute Gasteiger partial charge is 0.502 e. The lowest BCUT2D eigenvalue weighted by Crippen LogP contribution is -2.35. The van der Waals surface area contributed by atoms with Crippen molar-refractivity contribution >= 4 is 17.4 Å². The zero-order valence-corrected chi connectivity index (χ0v) is 13.6. The Hall–Kier alpha value is -3.28. The van der Waals surface area contributed by atoms with Crippen LogP contribution >= 0.6 is 0 Å². The van der Waals surface area contributed by atoms with Gasteiger partial charge in [-0.15, -0.1) is 0 Å². The highest BCUT2D eigenvalue weighted by Crippen LogP contribution is 2.27. The Morgan fingerprint density at radius 1 is 0.920 bits per heavy atom. The highest BCUT2D eigenvalue weighted by molar-refractivity contribution is 6.34. The van der Waals surface area contributed by atoms with Crippen LogP contribution in [0.5, 0.6) is 11.5 Å². The van der Waals surface area contributed by atoms with Crippen LogP contribution in [0, 0.1) is 0 Å². The van der Waals surface area contributed by atoms with Crippen LogP contribution in [0.4, 0.5) is 0 Å². The van der Waals surface area contributed by atoms with Gasteiger partial charge >= 0.3 is 0 Å². The number of ether oxygens (including phenoxy) is 2. The molecule has 1 aliphatic rings. The Morgan fingerprint density at radius 2 is 1.56 bits per heavy atom. The number of hydrogen-bond donors (Lipinski definition) is 1. The van der Waals surface area contributed by atoms with Crippen LogP contribution in [0.2, 0.25) is 0 Å². The van der Waals surface area contributed by atoms with Gasteiger partial charge in [0.25, 0.3) is 11.8 Å². The number of methoxy groups -OCH3 is 1. The molecule has 128 valence electrons. The number of carbonyl (C=O) groups excluding carboxylic acids is 2. The first-order chi connectivity index (χ1) is 12.1. The Morgan fingerprint density at radius 3 is 2.20 bits per heavy atom. The van der Waals surface area contributed by atoms with Crippen LogP contribution in [-0.2, 0) is 9.59 Å². The number of aliphatic hydroxyl groups excluding tert-OH is 1. The standard InChI is InChI=1S/C19H17NO5/c1-24-14-7-9-15(10-8-14)25-12-11-20-18(22)16(17(21)19(20)23)13-5-3-2-4-6-13/h2-10,21H,11-12H2,1H3. The van der Waals surface area contributed by atoms with E-state index >= 15 is 0 Å². The van der Waals surface area contributed by atoms with E-state index in [0.29, 0.717) is 17.1 Å². The Kier molecular flexibility index (Phi) is 4.70. The maximum absolute atomic E-state index is 12.5. The number of amides is 2. The van der Waals surface area contributed by atoms with Crippen molar-refractivity contribution in [3.05, 3.63) is 65.9 Å². The molecule has 0 fully saturated rings. The molecule has 0 aromatic heterocycles. The molecule has 0 saturated heterocycles. The molecule has 1 aliphatic heterocycles. The third kappa shape index (κ3) is 3.33. The van der Waals surface area contributed by atoms with E-state index in [0.717, 1.165) is 4.90 Å². The van der Waals surface area contributed by atoms with Gasteiger partial charge in [0.15, 0.2) is 5.76 Å². The minimum Gasteiger partial charge on any atom is -0.502 e. The van der Waals surface area contributed by atoms with Gasteiger partial charge < -0.3 is 14.6 Å². The van der Waals surface area contributed by atoms with E-state index in [1.54, 1.807) is 61.7 Å². The lowest BCUT2D eigenvalue weighted by Gasteiger charge is -2.15. The van der Waals surface area contributed by atoms with Crippen molar-refractivity contribution in [3.8, 4) is 11.5 Å².